The zero-order valence-corrected chi connectivity index (χ0v) is 20.5. The predicted octanol–water partition coefficient (Wildman–Crippen LogP) is 1.61. The maximum Gasteiger partial charge on any atom is 0.273 e. The van der Waals surface area contributed by atoms with E-state index in [1.54, 1.807) is 0 Å². The molecular formula is C23H26ClF2N9O2. The zero-order chi connectivity index (χ0) is 26.8. The van der Waals surface area contributed by atoms with Crippen molar-refractivity contribution in [3.05, 3.63) is 88.4 Å². The van der Waals surface area contributed by atoms with Gasteiger partial charge in [-0.2, -0.15) is 0 Å². The predicted molar refractivity (Wildman–Crippen MR) is 131 cm³/mol. The number of aromatic nitrogens is 4. The second-order valence-corrected chi connectivity index (χ2v) is 8.41. The molecule has 0 bridgehead atoms. The van der Waals surface area contributed by atoms with Gasteiger partial charge >= 0.3 is 0 Å². The average Bonchev–Trinajstić information content (AvgIpc) is 3.32. The molecule has 1 aromatic carbocycles. The Morgan fingerprint density at radius 2 is 2.00 bits per heavy atom. The highest BCUT2D eigenvalue weighted by Crippen LogP contribution is 2.15. The van der Waals surface area contributed by atoms with E-state index >= 15 is 0 Å². The van der Waals surface area contributed by atoms with Crippen molar-refractivity contribution >= 4 is 23.4 Å². The highest BCUT2D eigenvalue weighted by molar-refractivity contribution is 6.30. The van der Waals surface area contributed by atoms with Gasteiger partial charge in [-0.15, -0.1) is 5.10 Å². The maximum absolute atomic E-state index is 13.8. The Labute approximate surface area is 216 Å². The number of hydrogen-bond acceptors (Lipinski definition) is 8. The molecule has 0 saturated heterocycles. The van der Waals surface area contributed by atoms with Crippen LogP contribution in [0.3, 0.4) is 0 Å². The molecule has 0 aliphatic carbocycles. The number of nitrogens with zero attached hydrogens (tertiary/aromatic N) is 5. The van der Waals surface area contributed by atoms with Crippen LogP contribution in [-0.2, 0) is 24.3 Å². The lowest BCUT2D eigenvalue weighted by molar-refractivity contribution is -0.119. The maximum atomic E-state index is 13.8. The first-order chi connectivity index (χ1) is 17.7. The normalized spacial score (nSPS) is 11.3. The first-order valence-corrected chi connectivity index (χ1v) is 11.6. The number of amides is 2. The number of nitrogens with one attached hydrogen (secondary N) is 2. The Morgan fingerprint density at radius 1 is 1.19 bits per heavy atom. The van der Waals surface area contributed by atoms with Gasteiger partial charge in [0.2, 0.25) is 5.91 Å². The minimum atomic E-state index is -0.539. The summed E-state index contributed by atoms with van der Waals surface area (Å²) in [5.41, 5.74) is 6.17. The third-order valence-electron chi connectivity index (χ3n) is 5.02. The minimum absolute atomic E-state index is 0.00690. The largest absolute Gasteiger partial charge is 0.384 e. The second kappa shape index (κ2) is 13.3. The number of halogens is 3. The Balaban J connectivity index is 1.36. The van der Waals surface area contributed by atoms with E-state index in [4.69, 9.17) is 23.2 Å². The van der Waals surface area contributed by atoms with Crippen molar-refractivity contribution in [2.24, 2.45) is 11.6 Å². The van der Waals surface area contributed by atoms with Gasteiger partial charge in [-0.3, -0.25) is 19.3 Å². The Morgan fingerprint density at radius 3 is 2.78 bits per heavy atom. The van der Waals surface area contributed by atoms with E-state index in [0.29, 0.717) is 31.0 Å². The Bertz CT molecular complexity index is 1270. The monoisotopic (exact) mass is 533 g/mol. The average molecular weight is 534 g/mol. The van der Waals surface area contributed by atoms with Crippen LogP contribution in [0.4, 0.5) is 8.78 Å². The van der Waals surface area contributed by atoms with E-state index in [-0.39, 0.29) is 35.7 Å². The fourth-order valence-electron chi connectivity index (χ4n) is 3.22. The fourth-order valence-corrected chi connectivity index (χ4v) is 3.41. The summed E-state index contributed by atoms with van der Waals surface area (Å²) >= 11 is 5.83. The van der Waals surface area contributed by atoms with Gasteiger partial charge in [0.05, 0.1) is 31.1 Å². The summed E-state index contributed by atoms with van der Waals surface area (Å²) in [7, 11) is 0. The van der Waals surface area contributed by atoms with Crippen molar-refractivity contribution in [1.29, 1.82) is 0 Å². The smallest absolute Gasteiger partial charge is 0.273 e. The molecule has 37 heavy (non-hydrogen) atoms. The molecule has 0 aliphatic rings. The molecule has 196 valence electrons. The van der Waals surface area contributed by atoms with Gasteiger partial charge in [-0.25, -0.2) is 14.6 Å². The number of nitrogens with two attached hydrogens (primary N) is 2. The molecule has 0 radical (unpaired) electrons. The molecule has 0 aliphatic heterocycles. The van der Waals surface area contributed by atoms with Gasteiger partial charge in [0, 0.05) is 24.3 Å². The summed E-state index contributed by atoms with van der Waals surface area (Å²) in [6.07, 6.45) is 5.35. The van der Waals surface area contributed by atoms with Crippen LogP contribution in [0.5, 0.6) is 0 Å². The molecule has 3 aromatic rings. The van der Waals surface area contributed by atoms with E-state index in [1.807, 2.05) is 0 Å². The van der Waals surface area contributed by atoms with Crippen molar-refractivity contribution in [1.82, 2.24) is 35.6 Å². The van der Waals surface area contributed by atoms with E-state index in [1.165, 1.54) is 58.6 Å². The molecule has 0 unspecified atom stereocenters. The number of carbonyl (C=O) groups excluding carboxylic acids is 2. The number of carbonyl (C=O) groups is 2. The Hall–Kier alpha value is -4.10. The molecular weight excluding hydrogens is 508 g/mol. The lowest BCUT2D eigenvalue weighted by Crippen LogP contribution is -2.34. The molecule has 0 spiro atoms. The van der Waals surface area contributed by atoms with E-state index in [2.05, 4.69) is 25.9 Å². The van der Waals surface area contributed by atoms with Crippen LogP contribution in [0.2, 0.25) is 5.02 Å². The minimum Gasteiger partial charge on any atom is -0.384 e. The van der Waals surface area contributed by atoms with Crippen LogP contribution in [0, 0.1) is 11.6 Å². The van der Waals surface area contributed by atoms with Crippen molar-refractivity contribution < 1.29 is 18.4 Å². The van der Waals surface area contributed by atoms with Gasteiger partial charge in [-0.1, -0.05) is 16.8 Å². The number of hydrazine groups is 1. The molecule has 0 atom stereocenters. The zero-order valence-electron chi connectivity index (χ0n) is 19.7. The van der Waals surface area contributed by atoms with Gasteiger partial charge < -0.3 is 21.4 Å². The van der Waals surface area contributed by atoms with Crippen LogP contribution in [-0.4, -0.2) is 43.3 Å². The van der Waals surface area contributed by atoms with E-state index in [9.17, 15) is 18.4 Å². The Kier molecular flexibility index (Phi) is 9.86. The summed E-state index contributed by atoms with van der Waals surface area (Å²) in [6.45, 7) is 0.820. The van der Waals surface area contributed by atoms with Crippen LogP contribution < -0.4 is 22.2 Å². The molecule has 0 fully saturated rings. The molecule has 6 N–H and O–H groups in total. The fraction of sp³-hybridized carbons (Fsp3) is 0.261. The second-order valence-electron chi connectivity index (χ2n) is 7.97. The highest BCUT2D eigenvalue weighted by Gasteiger charge is 2.13. The lowest BCUT2D eigenvalue weighted by Gasteiger charge is -2.15. The van der Waals surface area contributed by atoms with Crippen molar-refractivity contribution in [3.63, 3.8) is 0 Å². The van der Waals surface area contributed by atoms with Gasteiger partial charge in [0.15, 0.2) is 5.69 Å². The summed E-state index contributed by atoms with van der Waals surface area (Å²) < 4.78 is 28.9. The third-order valence-corrected chi connectivity index (χ3v) is 5.26. The van der Waals surface area contributed by atoms with Crippen LogP contribution in [0.25, 0.3) is 0 Å². The van der Waals surface area contributed by atoms with Gasteiger partial charge in [0.25, 0.3) is 5.91 Å². The number of hydrogen-bond donors (Lipinski definition) is 4. The molecule has 2 amide bonds. The summed E-state index contributed by atoms with van der Waals surface area (Å²) in [4.78, 5) is 28.2. The molecule has 2 heterocycles. The highest BCUT2D eigenvalue weighted by atomic mass is 35.5. The van der Waals surface area contributed by atoms with Crippen LogP contribution in [0.1, 0.15) is 34.6 Å². The lowest BCUT2D eigenvalue weighted by atomic mass is 10.1. The van der Waals surface area contributed by atoms with Gasteiger partial charge in [0.1, 0.15) is 17.5 Å². The number of benzene rings is 1. The SMILES string of the molecule is N/C(=C\N(N)CCCCn1cc(C(=O)NCc2ncccc2F)nn1)NC(=O)Cc1cc(Cl)ccc1F. The number of pyridine rings is 1. The van der Waals surface area contributed by atoms with Crippen LogP contribution in [0.15, 0.2) is 54.7 Å². The molecule has 0 saturated carbocycles. The number of aryl methyl sites for hydroxylation is 1. The van der Waals surface area contributed by atoms with Crippen LogP contribution >= 0.6 is 11.6 Å². The number of rotatable bonds is 12. The quantitative estimate of drug-likeness (QED) is 0.155. The topological polar surface area (TPSA) is 157 Å². The standard InChI is InChI=1S/C23H26ClF2N9O2/c24-16-5-6-17(25)15(10-16)11-22(36)31-21(27)14-34(28)8-1-2-9-35-13-20(32-33-35)23(37)30-12-19-18(26)4-3-7-29-19/h3-7,10,13-14H,1-2,8-9,11-12,27-28H2,(H,30,37)(H,31,36)/b21-14+. The van der Waals surface area contributed by atoms with Crippen molar-refractivity contribution in [2.45, 2.75) is 32.4 Å². The molecule has 2 aromatic heterocycles. The summed E-state index contributed by atoms with van der Waals surface area (Å²) in [5.74, 6) is 3.84. The first kappa shape index (κ1) is 27.5. The van der Waals surface area contributed by atoms with E-state index < -0.39 is 23.4 Å². The number of unbranched alkanes of at least 4 members (excludes halogenated alkanes) is 1. The third kappa shape index (κ3) is 8.81. The summed E-state index contributed by atoms with van der Waals surface area (Å²) in [6, 6.07) is 6.68. The van der Waals surface area contributed by atoms with E-state index in [0.717, 1.165) is 0 Å². The summed E-state index contributed by atoms with van der Waals surface area (Å²) in [5, 5.41) is 14.4. The molecule has 14 heteroatoms. The van der Waals surface area contributed by atoms with Crippen molar-refractivity contribution in [2.75, 3.05) is 6.54 Å². The van der Waals surface area contributed by atoms with Gasteiger partial charge in [-0.05, 0) is 48.7 Å². The molecule has 11 nitrogen and oxygen atoms in total. The first-order valence-electron chi connectivity index (χ1n) is 11.2. The van der Waals surface area contributed by atoms with Crippen molar-refractivity contribution in [3.8, 4) is 0 Å². The molecule has 3 rings (SSSR count).